The molecule has 1 heterocycles. The number of para-hydroxylation sites is 1. The summed E-state index contributed by atoms with van der Waals surface area (Å²) in [6.07, 6.45) is 0.668. The van der Waals surface area contributed by atoms with Crippen molar-refractivity contribution in [1.29, 1.82) is 0 Å². The third-order valence-electron chi connectivity index (χ3n) is 3.66. The first-order valence-electron chi connectivity index (χ1n) is 6.98. The molecule has 5 nitrogen and oxygen atoms in total. The molecule has 112 valence electrons. The summed E-state index contributed by atoms with van der Waals surface area (Å²) >= 11 is 0. The second-order valence-electron chi connectivity index (χ2n) is 5.83. The van der Waals surface area contributed by atoms with Crippen LogP contribution in [0.4, 0.5) is 0 Å². The zero-order valence-electron chi connectivity index (χ0n) is 12.4. The zero-order chi connectivity index (χ0) is 15.5. The molecule has 0 unspecified atom stereocenters. The number of phenols is 1. The van der Waals surface area contributed by atoms with Crippen molar-refractivity contribution in [2.24, 2.45) is 11.1 Å². The highest BCUT2D eigenvalue weighted by molar-refractivity contribution is 5.84. The van der Waals surface area contributed by atoms with E-state index in [-0.39, 0.29) is 11.7 Å². The van der Waals surface area contributed by atoms with E-state index in [2.05, 4.69) is 10.3 Å². The van der Waals surface area contributed by atoms with Gasteiger partial charge in [0.25, 0.3) is 0 Å². The fourth-order valence-electron chi connectivity index (χ4n) is 2.01. The van der Waals surface area contributed by atoms with Crippen molar-refractivity contribution in [2.75, 3.05) is 6.54 Å². The summed E-state index contributed by atoms with van der Waals surface area (Å²) in [7, 11) is 0. The van der Waals surface area contributed by atoms with Gasteiger partial charge < -0.3 is 16.2 Å². The standard InChI is InChI=1S/C16H21N3O2/c1-16(2,15(17)21)8-9-18-10-12-7-6-11-4-3-5-13(20)14(11)19-12/h3-7,18,20H,8-10H2,1-2H3,(H2,17,21). The number of nitrogens with two attached hydrogens (primary N) is 1. The summed E-state index contributed by atoms with van der Waals surface area (Å²) in [5, 5.41) is 14.0. The van der Waals surface area contributed by atoms with Crippen LogP contribution in [0.15, 0.2) is 30.3 Å². The molecule has 0 aliphatic carbocycles. The molecule has 21 heavy (non-hydrogen) atoms. The fraction of sp³-hybridized carbons (Fsp3) is 0.375. The summed E-state index contributed by atoms with van der Waals surface area (Å²) in [5.41, 5.74) is 6.28. The normalized spacial score (nSPS) is 11.7. The van der Waals surface area contributed by atoms with E-state index in [1.807, 2.05) is 32.0 Å². The number of carbonyl (C=O) groups excluding carboxylic acids is 1. The minimum Gasteiger partial charge on any atom is -0.506 e. The maximum Gasteiger partial charge on any atom is 0.223 e. The number of aromatic nitrogens is 1. The van der Waals surface area contributed by atoms with Gasteiger partial charge in [-0.2, -0.15) is 0 Å². The number of phenolic OH excluding ortho intramolecular Hbond substituents is 1. The minimum atomic E-state index is -0.512. The lowest BCUT2D eigenvalue weighted by atomic mass is 9.89. The number of hydrogen-bond donors (Lipinski definition) is 3. The average molecular weight is 287 g/mol. The average Bonchev–Trinajstić information content (AvgIpc) is 2.44. The van der Waals surface area contributed by atoms with Gasteiger partial charge >= 0.3 is 0 Å². The summed E-state index contributed by atoms with van der Waals surface area (Å²) < 4.78 is 0. The van der Waals surface area contributed by atoms with Crippen LogP contribution in [0.2, 0.25) is 0 Å². The maximum absolute atomic E-state index is 11.2. The van der Waals surface area contributed by atoms with Crippen molar-refractivity contribution in [3.63, 3.8) is 0 Å². The first-order valence-corrected chi connectivity index (χ1v) is 6.98. The molecule has 0 atom stereocenters. The van der Waals surface area contributed by atoms with Crippen LogP contribution in [0.3, 0.4) is 0 Å². The first kappa shape index (κ1) is 15.3. The van der Waals surface area contributed by atoms with Gasteiger partial charge in [0.1, 0.15) is 11.3 Å². The molecule has 0 radical (unpaired) electrons. The number of rotatable bonds is 6. The predicted molar refractivity (Wildman–Crippen MR) is 82.7 cm³/mol. The van der Waals surface area contributed by atoms with Gasteiger partial charge in [-0.05, 0) is 25.1 Å². The number of aromatic hydroxyl groups is 1. The Morgan fingerprint density at radius 1 is 1.33 bits per heavy atom. The summed E-state index contributed by atoms with van der Waals surface area (Å²) in [6, 6.07) is 9.19. The highest BCUT2D eigenvalue weighted by Gasteiger charge is 2.23. The van der Waals surface area contributed by atoms with E-state index in [4.69, 9.17) is 5.73 Å². The van der Waals surface area contributed by atoms with Crippen LogP contribution in [0.1, 0.15) is 26.0 Å². The largest absolute Gasteiger partial charge is 0.506 e. The molecular weight excluding hydrogens is 266 g/mol. The van der Waals surface area contributed by atoms with Gasteiger partial charge in [0, 0.05) is 17.3 Å². The van der Waals surface area contributed by atoms with E-state index in [0.717, 1.165) is 11.1 Å². The Bertz CT molecular complexity index is 653. The highest BCUT2D eigenvalue weighted by Crippen LogP contribution is 2.22. The van der Waals surface area contributed by atoms with E-state index in [9.17, 15) is 9.90 Å². The molecule has 5 heteroatoms. The monoisotopic (exact) mass is 287 g/mol. The number of fused-ring (bicyclic) bond motifs is 1. The maximum atomic E-state index is 11.2. The van der Waals surface area contributed by atoms with Crippen molar-refractivity contribution in [3.8, 4) is 5.75 Å². The Hall–Kier alpha value is -2.14. The molecule has 4 N–H and O–H groups in total. The molecule has 1 amide bonds. The van der Waals surface area contributed by atoms with Gasteiger partial charge in [0.15, 0.2) is 0 Å². The summed E-state index contributed by atoms with van der Waals surface area (Å²) in [6.45, 7) is 4.93. The molecule has 0 saturated carbocycles. The van der Waals surface area contributed by atoms with Gasteiger partial charge in [-0.1, -0.05) is 32.0 Å². The van der Waals surface area contributed by atoms with Crippen molar-refractivity contribution >= 4 is 16.8 Å². The van der Waals surface area contributed by atoms with Crippen LogP contribution in [0.25, 0.3) is 10.9 Å². The Morgan fingerprint density at radius 3 is 2.81 bits per heavy atom. The van der Waals surface area contributed by atoms with Crippen molar-refractivity contribution in [3.05, 3.63) is 36.0 Å². The third kappa shape index (κ3) is 3.70. The van der Waals surface area contributed by atoms with Crippen molar-refractivity contribution < 1.29 is 9.90 Å². The number of hydrogen-bond acceptors (Lipinski definition) is 4. The second-order valence-corrected chi connectivity index (χ2v) is 5.83. The number of amides is 1. The lowest BCUT2D eigenvalue weighted by molar-refractivity contribution is -0.126. The van der Waals surface area contributed by atoms with E-state index in [0.29, 0.717) is 25.0 Å². The summed E-state index contributed by atoms with van der Waals surface area (Å²) in [4.78, 5) is 15.7. The lowest BCUT2D eigenvalue weighted by Gasteiger charge is -2.20. The Labute approximate surface area is 124 Å². The van der Waals surface area contributed by atoms with Crippen molar-refractivity contribution in [1.82, 2.24) is 10.3 Å². The van der Waals surface area contributed by atoms with Crippen LogP contribution in [0.5, 0.6) is 5.75 Å². The Balaban J connectivity index is 1.95. The molecule has 2 aromatic rings. The Kier molecular flexibility index (Phi) is 4.43. The van der Waals surface area contributed by atoms with E-state index in [1.165, 1.54) is 0 Å². The Morgan fingerprint density at radius 2 is 2.10 bits per heavy atom. The van der Waals surface area contributed by atoms with Crippen LogP contribution >= 0.6 is 0 Å². The number of primary amides is 1. The van der Waals surface area contributed by atoms with E-state index >= 15 is 0 Å². The molecule has 1 aromatic heterocycles. The molecule has 0 bridgehead atoms. The first-order chi connectivity index (χ1) is 9.90. The number of nitrogens with zero attached hydrogens (tertiary/aromatic N) is 1. The number of carbonyl (C=O) groups is 1. The predicted octanol–water partition coefficient (Wildman–Crippen LogP) is 1.93. The summed E-state index contributed by atoms with van der Waals surface area (Å²) in [5.74, 6) is -0.109. The smallest absolute Gasteiger partial charge is 0.223 e. The number of pyridine rings is 1. The molecule has 1 aromatic carbocycles. The fourth-order valence-corrected chi connectivity index (χ4v) is 2.01. The number of nitrogens with one attached hydrogen (secondary N) is 1. The van der Waals surface area contributed by atoms with Gasteiger partial charge in [-0.3, -0.25) is 4.79 Å². The molecule has 0 aliphatic heterocycles. The van der Waals surface area contributed by atoms with Crippen LogP contribution in [0, 0.1) is 5.41 Å². The van der Waals surface area contributed by atoms with Gasteiger partial charge in [0.2, 0.25) is 5.91 Å². The van der Waals surface area contributed by atoms with E-state index in [1.54, 1.807) is 12.1 Å². The minimum absolute atomic E-state index is 0.184. The van der Waals surface area contributed by atoms with Gasteiger partial charge in [-0.25, -0.2) is 4.98 Å². The SMILES string of the molecule is CC(C)(CCNCc1ccc2cccc(O)c2n1)C(N)=O. The van der Waals surface area contributed by atoms with Gasteiger partial charge in [-0.15, -0.1) is 0 Å². The molecule has 0 aliphatic rings. The topological polar surface area (TPSA) is 88.2 Å². The van der Waals surface area contributed by atoms with Crippen LogP contribution in [-0.4, -0.2) is 22.5 Å². The quantitative estimate of drug-likeness (QED) is 0.708. The molecule has 2 rings (SSSR count). The van der Waals surface area contributed by atoms with Crippen molar-refractivity contribution in [2.45, 2.75) is 26.8 Å². The van der Waals surface area contributed by atoms with Crippen LogP contribution in [-0.2, 0) is 11.3 Å². The number of benzene rings is 1. The molecular formula is C16H21N3O2. The molecule has 0 fully saturated rings. The zero-order valence-corrected chi connectivity index (χ0v) is 12.4. The van der Waals surface area contributed by atoms with E-state index < -0.39 is 5.41 Å². The van der Waals surface area contributed by atoms with Crippen LogP contribution < -0.4 is 11.1 Å². The highest BCUT2D eigenvalue weighted by atomic mass is 16.3. The third-order valence-corrected chi connectivity index (χ3v) is 3.66. The molecule has 0 saturated heterocycles. The van der Waals surface area contributed by atoms with Gasteiger partial charge in [0.05, 0.1) is 5.69 Å². The lowest BCUT2D eigenvalue weighted by Crippen LogP contribution is -2.34. The molecule has 0 spiro atoms. The second kappa shape index (κ2) is 6.10.